The Morgan fingerprint density at radius 1 is 1.23 bits per heavy atom. The number of ether oxygens (including phenoxy) is 3. The summed E-state index contributed by atoms with van der Waals surface area (Å²) >= 11 is 0. The maximum atomic E-state index is 12.1. The van der Waals surface area contributed by atoms with E-state index >= 15 is 0 Å². The van der Waals surface area contributed by atoms with Crippen molar-refractivity contribution in [3.63, 3.8) is 0 Å². The lowest BCUT2D eigenvalue weighted by Crippen LogP contribution is -2.37. The summed E-state index contributed by atoms with van der Waals surface area (Å²) in [5, 5.41) is 0. The minimum absolute atomic E-state index is 0.00723. The van der Waals surface area contributed by atoms with Crippen LogP contribution < -0.4 is 9.47 Å². The average molecular weight is 359 g/mol. The van der Waals surface area contributed by atoms with E-state index in [1.807, 2.05) is 25.1 Å². The van der Waals surface area contributed by atoms with Gasteiger partial charge in [-0.2, -0.15) is 0 Å². The molecule has 0 atom stereocenters. The molecule has 2 heterocycles. The van der Waals surface area contributed by atoms with E-state index in [2.05, 4.69) is 4.90 Å². The van der Waals surface area contributed by atoms with Crippen LogP contribution in [-0.2, 0) is 14.3 Å². The van der Waals surface area contributed by atoms with Gasteiger partial charge in [0.25, 0.3) is 0 Å². The van der Waals surface area contributed by atoms with Gasteiger partial charge in [-0.3, -0.25) is 9.59 Å². The maximum absolute atomic E-state index is 12.1. The molecule has 2 aliphatic heterocycles. The highest BCUT2D eigenvalue weighted by Crippen LogP contribution is 2.32. The van der Waals surface area contributed by atoms with Gasteiger partial charge in [-0.1, -0.05) is 12.1 Å². The van der Waals surface area contributed by atoms with E-state index in [9.17, 15) is 9.59 Å². The molecule has 0 aliphatic carbocycles. The van der Waals surface area contributed by atoms with Gasteiger partial charge in [0.2, 0.25) is 6.79 Å². The minimum atomic E-state index is -0.0881. The van der Waals surface area contributed by atoms with Crippen molar-refractivity contribution in [1.82, 2.24) is 4.90 Å². The van der Waals surface area contributed by atoms with Crippen molar-refractivity contribution >= 4 is 17.8 Å². The standard InChI is InChI=1S/C20H25NO5/c1-2-24-20(23)16-7-10-21(11-8-16)12-9-17(22)5-3-15-4-6-18-19(13-15)26-14-25-18/h3-6,13,16H,2,7-12,14H2,1H3. The highest BCUT2D eigenvalue weighted by atomic mass is 16.7. The van der Waals surface area contributed by atoms with Crippen LogP contribution in [0.25, 0.3) is 6.08 Å². The molecule has 0 radical (unpaired) electrons. The van der Waals surface area contributed by atoms with Gasteiger partial charge in [0, 0.05) is 13.0 Å². The molecule has 0 unspecified atom stereocenters. The molecule has 6 heteroatoms. The Balaban J connectivity index is 1.40. The zero-order valence-corrected chi connectivity index (χ0v) is 15.1. The fourth-order valence-electron chi connectivity index (χ4n) is 3.21. The number of esters is 1. The number of piperidine rings is 1. The number of allylic oxidation sites excluding steroid dienone is 1. The quantitative estimate of drug-likeness (QED) is 0.551. The van der Waals surface area contributed by atoms with Crippen LogP contribution in [0, 0.1) is 5.92 Å². The molecular weight excluding hydrogens is 334 g/mol. The van der Waals surface area contributed by atoms with Crippen LogP contribution in [0.4, 0.5) is 0 Å². The fraction of sp³-hybridized carbons (Fsp3) is 0.500. The molecule has 0 N–H and O–H groups in total. The number of carbonyl (C=O) groups is 2. The van der Waals surface area contributed by atoms with Crippen LogP contribution >= 0.6 is 0 Å². The van der Waals surface area contributed by atoms with Crippen molar-refractivity contribution in [2.24, 2.45) is 5.92 Å². The van der Waals surface area contributed by atoms with Gasteiger partial charge in [-0.25, -0.2) is 0 Å². The van der Waals surface area contributed by atoms with Crippen molar-refractivity contribution in [3.05, 3.63) is 29.8 Å². The number of fused-ring (bicyclic) bond motifs is 1. The van der Waals surface area contributed by atoms with Crippen molar-refractivity contribution in [2.45, 2.75) is 26.2 Å². The number of carbonyl (C=O) groups excluding carboxylic acids is 2. The molecule has 1 aromatic carbocycles. The van der Waals surface area contributed by atoms with Gasteiger partial charge < -0.3 is 19.1 Å². The molecule has 0 aromatic heterocycles. The molecule has 0 amide bonds. The minimum Gasteiger partial charge on any atom is -0.466 e. The summed E-state index contributed by atoms with van der Waals surface area (Å²) < 4.78 is 15.7. The number of hydrogen-bond donors (Lipinski definition) is 0. The summed E-state index contributed by atoms with van der Waals surface area (Å²) in [6.45, 7) is 4.90. The molecule has 2 aliphatic rings. The van der Waals surface area contributed by atoms with Crippen LogP contribution in [0.2, 0.25) is 0 Å². The Bertz CT molecular complexity index is 677. The summed E-state index contributed by atoms with van der Waals surface area (Å²) in [5.74, 6) is 1.46. The summed E-state index contributed by atoms with van der Waals surface area (Å²) in [7, 11) is 0. The number of benzene rings is 1. The average Bonchev–Trinajstić information content (AvgIpc) is 3.13. The third kappa shape index (κ3) is 4.85. The molecule has 6 nitrogen and oxygen atoms in total. The Morgan fingerprint density at radius 3 is 2.77 bits per heavy atom. The first-order chi connectivity index (χ1) is 12.7. The number of rotatable bonds is 7. The lowest BCUT2D eigenvalue weighted by molar-refractivity contribution is -0.149. The van der Waals surface area contributed by atoms with E-state index in [0.717, 1.165) is 43.8 Å². The van der Waals surface area contributed by atoms with E-state index in [1.54, 1.807) is 12.2 Å². The van der Waals surface area contributed by atoms with Gasteiger partial charge in [0.05, 0.1) is 12.5 Å². The molecule has 0 spiro atoms. The number of ketones is 1. The number of hydrogen-bond acceptors (Lipinski definition) is 6. The molecular formula is C20H25NO5. The lowest BCUT2D eigenvalue weighted by atomic mass is 9.97. The van der Waals surface area contributed by atoms with E-state index in [1.165, 1.54) is 0 Å². The molecule has 1 aromatic rings. The predicted molar refractivity (Wildman–Crippen MR) is 97.0 cm³/mol. The zero-order chi connectivity index (χ0) is 18.4. The van der Waals surface area contributed by atoms with Crippen LogP contribution in [0.1, 0.15) is 31.7 Å². The van der Waals surface area contributed by atoms with Crippen molar-refractivity contribution in [1.29, 1.82) is 0 Å². The molecule has 1 fully saturated rings. The van der Waals surface area contributed by atoms with Crippen LogP contribution in [0.5, 0.6) is 11.5 Å². The second-order valence-corrected chi connectivity index (χ2v) is 6.53. The summed E-state index contributed by atoms with van der Waals surface area (Å²) in [5.41, 5.74) is 0.915. The van der Waals surface area contributed by atoms with Gasteiger partial charge in [0.15, 0.2) is 17.3 Å². The van der Waals surface area contributed by atoms with Crippen molar-refractivity contribution in [2.75, 3.05) is 33.0 Å². The third-order valence-corrected chi connectivity index (χ3v) is 4.74. The summed E-state index contributed by atoms with van der Waals surface area (Å²) in [6.07, 6.45) is 5.51. The Labute approximate surface area is 153 Å². The van der Waals surface area contributed by atoms with E-state index < -0.39 is 0 Å². The predicted octanol–water partition coefficient (Wildman–Crippen LogP) is 2.66. The number of nitrogens with zero attached hydrogens (tertiary/aromatic N) is 1. The second kappa shape index (κ2) is 8.85. The van der Waals surface area contributed by atoms with Gasteiger partial charge >= 0.3 is 5.97 Å². The molecule has 0 bridgehead atoms. The van der Waals surface area contributed by atoms with Gasteiger partial charge in [-0.05, 0) is 56.6 Å². The number of likely N-dealkylation sites (tertiary alicyclic amines) is 1. The first-order valence-corrected chi connectivity index (χ1v) is 9.15. The van der Waals surface area contributed by atoms with Gasteiger partial charge in [0.1, 0.15) is 0 Å². The second-order valence-electron chi connectivity index (χ2n) is 6.53. The van der Waals surface area contributed by atoms with Gasteiger partial charge in [-0.15, -0.1) is 0 Å². The lowest BCUT2D eigenvalue weighted by Gasteiger charge is -2.30. The highest BCUT2D eigenvalue weighted by molar-refractivity contribution is 5.93. The van der Waals surface area contributed by atoms with Crippen LogP contribution in [-0.4, -0.2) is 49.7 Å². The molecule has 1 saturated heterocycles. The first-order valence-electron chi connectivity index (χ1n) is 9.15. The first kappa shape index (κ1) is 18.5. The SMILES string of the molecule is CCOC(=O)C1CCN(CCC(=O)C=Cc2ccc3c(c2)OCO3)CC1. The normalized spacial score (nSPS) is 17.6. The maximum Gasteiger partial charge on any atom is 0.309 e. The van der Waals surface area contributed by atoms with E-state index in [0.29, 0.717) is 18.8 Å². The molecule has 0 saturated carbocycles. The zero-order valence-electron chi connectivity index (χ0n) is 15.1. The molecule has 3 rings (SSSR count). The van der Waals surface area contributed by atoms with E-state index in [-0.39, 0.29) is 24.5 Å². The fourth-order valence-corrected chi connectivity index (χ4v) is 3.21. The van der Waals surface area contributed by atoms with Crippen molar-refractivity contribution < 1.29 is 23.8 Å². The third-order valence-electron chi connectivity index (χ3n) is 4.74. The summed E-state index contributed by atoms with van der Waals surface area (Å²) in [4.78, 5) is 26.1. The Kier molecular flexibility index (Phi) is 6.28. The Hall–Kier alpha value is -2.34. The Morgan fingerprint density at radius 2 is 2.00 bits per heavy atom. The molecule has 140 valence electrons. The topological polar surface area (TPSA) is 65.1 Å². The molecule has 26 heavy (non-hydrogen) atoms. The van der Waals surface area contributed by atoms with Crippen molar-refractivity contribution in [3.8, 4) is 11.5 Å². The van der Waals surface area contributed by atoms with Crippen LogP contribution in [0.15, 0.2) is 24.3 Å². The smallest absolute Gasteiger partial charge is 0.309 e. The highest BCUT2D eigenvalue weighted by Gasteiger charge is 2.25. The summed E-state index contributed by atoms with van der Waals surface area (Å²) in [6, 6.07) is 5.61. The van der Waals surface area contributed by atoms with E-state index in [4.69, 9.17) is 14.2 Å². The largest absolute Gasteiger partial charge is 0.466 e. The monoisotopic (exact) mass is 359 g/mol. The van der Waals surface area contributed by atoms with Crippen LogP contribution in [0.3, 0.4) is 0 Å².